The minimum absolute atomic E-state index is 0.329. The van der Waals surface area contributed by atoms with Crippen LogP contribution in [-0.2, 0) is 13.1 Å². The van der Waals surface area contributed by atoms with Gasteiger partial charge in [-0.15, -0.1) is 0 Å². The first kappa shape index (κ1) is 12.2. The van der Waals surface area contributed by atoms with Gasteiger partial charge in [-0.1, -0.05) is 30.3 Å². The molecule has 1 heterocycles. The van der Waals surface area contributed by atoms with Crippen molar-refractivity contribution in [2.24, 2.45) is 0 Å². The van der Waals surface area contributed by atoms with Gasteiger partial charge >= 0.3 is 5.97 Å². The van der Waals surface area contributed by atoms with Crippen LogP contribution in [0.1, 0.15) is 21.5 Å². The lowest BCUT2D eigenvalue weighted by Gasteiger charge is -2.20. The summed E-state index contributed by atoms with van der Waals surface area (Å²) in [4.78, 5) is 13.5. The van der Waals surface area contributed by atoms with Gasteiger partial charge in [0.15, 0.2) is 0 Å². The van der Waals surface area contributed by atoms with Crippen LogP contribution in [0.25, 0.3) is 0 Å². The van der Waals surface area contributed by atoms with E-state index in [4.69, 9.17) is 0 Å². The van der Waals surface area contributed by atoms with E-state index < -0.39 is 5.97 Å². The number of benzene rings is 2. The highest BCUT2D eigenvalue weighted by Gasteiger charge is 2.24. The predicted octanol–water partition coefficient (Wildman–Crippen LogP) is 3.67. The summed E-state index contributed by atoms with van der Waals surface area (Å²) < 4.78 is 0.619. The third kappa shape index (κ3) is 2.12. The Morgan fingerprint density at radius 2 is 1.68 bits per heavy atom. The van der Waals surface area contributed by atoms with Gasteiger partial charge in [-0.25, -0.2) is 4.79 Å². The number of aromatic carboxylic acids is 1. The predicted molar refractivity (Wildman–Crippen MR) is 77.4 cm³/mol. The van der Waals surface area contributed by atoms with Crippen molar-refractivity contribution in [3.63, 3.8) is 0 Å². The molecule has 1 aliphatic rings. The summed E-state index contributed by atoms with van der Waals surface area (Å²) in [5.41, 5.74) is 3.62. The van der Waals surface area contributed by atoms with Gasteiger partial charge in [0.05, 0.1) is 11.3 Å². The number of anilines is 1. The van der Waals surface area contributed by atoms with Crippen LogP contribution in [0.15, 0.2) is 46.9 Å². The van der Waals surface area contributed by atoms with Crippen LogP contribution < -0.4 is 4.90 Å². The first-order chi connectivity index (χ1) is 9.16. The van der Waals surface area contributed by atoms with E-state index in [9.17, 15) is 9.90 Å². The fourth-order valence-corrected chi connectivity index (χ4v) is 3.02. The normalized spacial score (nSPS) is 13.4. The number of carbonyl (C=O) groups is 1. The van der Waals surface area contributed by atoms with Gasteiger partial charge < -0.3 is 10.0 Å². The molecule has 0 bridgehead atoms. The molecule has 2 aromatic carbocycles. The molecule has 96 valence electrons. The van der Waals surface area contributed by atoms with Crippen molar-refractivity contribution in [2.75, 3.05) is 4.90 Å². The summed E-state index contributed by atoms with van der Waals surface area (Å²) in [6.45, 7) is 1.51. The standard InChI is InChI=1S/C15H12BrNO2/c16-12-6-3-7-13(14(12)15(18)19)17-8-10-4-1-2-5-11(10)9-17/h1-7H,8-9H2,(H,18,19). The van der Waals surface area contributed by atoms with Gasteiger partial charge in [-0.3, -0.25) is 0 Å². The molecule has 2 aromatic rings. The Kier molecular flexibility index (Phi) is 3.03. The van der Waals surface area contributed by atoms with Crippen LogP contribution >= 0.6 is 15.9 Å². The first-order valence-corrected chi connectivity index (χ1v) is 6.79. The van der Waals surface area contributed by atoms with Crippen molar-refractivity contribution in [3.8, 4) is 0 Å². The molecular weight excluding hydrogens is 306 g/mol. The zero-order valence-corrected chi connectivity index (χ0v) is 11.7. The molecule has 1 N–H and O–H groups in total. The molecule has 3 rings (SSSR count). The number of carboxylic acids is 1. The van der Waals surface area contributed by atoms with E-state index in [2.05, 4.69) is 33.0 Å². The summed E-state index contributed by atoms with van der Waals surface area (Å²) in [5, 5.41) is 9.37. The van der Waals surface area contributed by atoms with Crippen LogP contribution in [0.3, 0.4) is 0 Å². The van der Waals surface area contributed by atoms with Crippen LogP contribution in [0.2, 0.25) is 0 Å². The number of hydrogen-bond acceptors (Lipinski definition) is 2. The van der Waals surface area contributed by atoms with Gasteiger partial charge in [0, 0.05) is 17.6 Å². The molecule has 0 fully saturated rings. The average Bonchev–Trinajstić information content (AvgIpc) is 2.81. The fraction of sp³-hybridized carbons (Fsp3) is 0.133. The highest BCUT2D eigenvalue weighted by molar-refractivity contribution is 9.10. The average molecular weight is 318 g/mol. The van der Waals surface area contributed by atoms with Gasteiger partial charge in [0.2, 0.25) is 0 Å². The molecule has 0 saturated carbocycles. The monoisotopic (exact) mass is 317 g/mol. The minimum atomic E-state index is -0.904. The van der Waals surface area contributed by atoms with Crippen molar-refractivity contribution in [1.82, 2.24) is 0 Å². The molecule has 0 aromatic heterocycles. The number of carboxylic acid groups (broad SMARTS) is 1. The number of rotatable bonds is 2. The molecule has 0 unspecified atom stereocenters. The number of hydrogen-bond donors (Lipinski definition) is 1. The van der Waals surface area contributed by atoms with E-state index in [0.29, 0.717) is 10.0 Å². The second-order valence-corrected chi connectivity index (χ2v) is 5.42. The van der Waals surface area contributed by atoms with Gasteiger partial charge in [0.25, 0.3) is 0 Å². The van der Waals surface area contributed by atoms with Crippen molar-refractivity contribution >= 4 is 27.6 Å². The van der Waals surface area contributed by atoms with Crippen molar-refractivity contribution < 1.29 is 9.90 Å². The lowest BCUT2D eigenvalue weighted by molar-refractivity contribution is 0.0696. The smallest absolute Gasteiger partial charge is 0.338 e. The first-order valence-electron chi connectivity index (χ1n) is 6.00. The Labute approximate surface area is 119 Å². The summed E-state index contributed by atoms with van der Waals surface area (Å²) in [5.74, 6) is -0.904. The lowest BCUT2D eigenvalue weighted by atomic mass is 10.1. The van der Waals surface area contributed by atoms with E-state index in [1.54, 1.807) is 6.07 Å². The molecule has 0 spiro atoms. The molecule has 3 nitrogen and oxygen atoms in total. The molecule has 0 atom stereocenters. The minimum Gasteiger partial charge on any atom is -0.478 e. The highest BCUT2D eigenvalue weighted by atomic mass is 79.9. The molecule has 4 heteroatoms. The molecule has 0 aliphatic carbocycles. The molecule has 1 aliphatic heterocycles. The Morgan fingerprint density at radius 1 is 1.05 bits per heavy atom. The van der Waals surface area contributed by atoms with Crippen LogP contribution in [-0.4, -0.2) is 11.1 Å². The third-order valence-corrected chi connectivity index (χ3v) is 4.05. The number of halogens is 1. The van der Waals surface area contributed by atoms with Crippen LogP contribution in [0.4, 0.5) is 5.69 Å². The second kappa shape index (κ2) is 4.70. The van der Waals surface area contributed by atoms with Gasteiger partial charge in [0.1, 0.15) is 0 Å². The zero-order valence-electron chi connectivity index (χ0n) is 10.1. The molecule has 0 radical (unpaired) electrons. The van der Waals surface area contributed by atoms with Gasteiger partial charge in [-0.2, -0.15) is 0 Å². The SMILES string of the molecule is O=C(O)c1c(Br)cccc1N1Cc2ccccc2C1. The topological polar surface area (TPSA) is 40.5 Å². The summed E-state index contributed by atoms with van der Waals surface area (Å²) in [6, 6.07) is 13.7. The molecular formula is C15H12BrNO2. The summed E-state index contributed by atoms with van der Waals surface area (Å²) in [6.07, 6.45) is 0. The van der Waals surface area contributed by atoms with E-state index >= 15 is 0 Å². The Bertz CT molecular complexity index is 629. The van der Waals surface area contributed by atoms with E-state index in [-0.39, 0.29) is 0 Å². The Morgan fingerprint density at radius 3 is 2.26 bits per heavy atom. The fourth-order valence-electron chi connectivity index (χ4n) is 2.49. The van der Waals surface area contributed by atoms with Crippen LogP contribution in [0, 0.1) is 0 Å². The maximum absolute atomic E-state index is 11.4. The number of fused-ring (bicyclic) bond motifs is 1. The largest absolute Gasteiger partial charge is 0.478 e. The lowest BCUT2D eigenvalue weighted by Crippen LogP contribution is -2.18. The summed E-state index contributed by atoms with van der Waals surface area (Å²) in [7, 11) is 0. The highest BCUT2D eigenvalue weighted by Crippen LogP contribution is 2.33. The number of nitrogens with zero attached hydrogens (tertiary/aromatic N) is 1. The maximum Gasteiger partial charge on any atom is 0.338 e. The van der Waals surface area contributed by atoms with Crippen LogP contribution in [0.5, 0.6) is 0 Å². The van der Waals surface area contributed by atoms with Crippen molar-refractivity contribution in [2.45, 2.75) is 13.1 Å². The molecule has 0 saturated heterocycles. The van der Waals surface area contributed by atoms with E-state index in [0.717, 1.165) is 18.8 Å². The van der Waals surface area contributed by atoms with Gasteiger partial charge in [-0.05, 0) is 39.2 Å². The molecule has 0 amide bonds. The summed E-state index contributed by atoms with van der Waals surface area (Å²) >= 11 is 3.32. The van der Waals surface area contributed by atoms with Crippen molar-refractivity contribution in [3.05, 3.63) is 63.6 Å². The van der Waals surface area contributed by atoms with E-state index in [1.807, 2.05) is 24.3 Å². The molecule has 19 heavy (non-hydrogen) atoms. The second-order valence-electron chi connectivity index (χ2n) is 4.56. The maximum atomic E-state index is 11.4. The quantitative estimate of drug-likeness (QED) is 0.918. The van der Waals surface area contributed by atoms with E-state index in [1.165, 1.54) is 11.1 Å². The Balaban J connectivity index is 2.02. The van der Waals surface area contributed by atoms with Crippen molar-refractivity contribution in [1.29, 1.82) is 0 Å². The third-order valence-electron chi connectivity index (χ3n) is 3.39. The zero-order chi connectivity index (χ0) is 13.4. The Hall–Kier alpha value is -1.81.